The van der Waals surface area contributed by atoms with Crippen LogP contribution in [0.2, 0.25) is 0 Å². The molecule has 1 atom stereocenters. The Kier molecular flexibility index (Phi) is 3.70. The average molecular weight is 213 g/mol. The molecule has 1 N–H and O–H groups in total. The molecule has 0 amide bonds. The molecule has 1 aromatic rings. The highest BCUT2D eigenvalue weighted by atomic mass is 32.2. The molecule has 0 aliphatic carbocycles. The molecule has 13 heavy (non-hydrogen) atoms. The quantitative estimate of drug-likeness (QED) is 0.825. The number of thioether (sulfide) groups is 1. The van der Waals surface area contributed by atoms with Gasteiger partial charge in [-0.05, 0) is 41.8 Å². The lowest BCUT2D eigenvalue weighted by Crippen LogP contribution is -2.21. The molecule has 1 aliphatic heterocycles. The number of hydrogen-bond acceptors (Lipinski definition) is 3. The maximum absolute atomic E-state index is 3.53. The maximum atomic E-state index is 3.53. The summed E-state index contributed by atoms with van der Waals surface area (Å²) in [7, 11) is 0. The average Bonchev–Trinajstić information content (AvgIpc) is 2.75. The fourth-order valence-electron chi connectivity index (χ4n) is 1.56. The van der Waals surface area contributed by atoms with Gasteiger partial charge in [0.05, 0.1) is 0 Å². The van der Waals surface area contributed by atoms with Gasteiger partial charge in [0.25, 0.3) is 0 Å². The first-order valence-electron chi connectivity index (χ1n) is 4.76. The molecule has 0 saturated carbocycles. The Labute approximate surface area is 87.9 Å². The zero-order valence-electron chi connectivity index (χ0n) is 7.66. The second kappa shape index (κ2) is 5.03. The highest BCUT2D eigenvalue weighted by Gasteiger charge is 2.14. The lowest BCUT2D eigenvalue weighted by atomic mass is 10.1. The molecule has 1 unspecified atom stereocenters. The van der Waals surface area contributed by atoms with Crippen LogP contribution in [0.5, 0.6) is 0 Å². The zero-order chi connectivity index (χ0) is 8.93. The van der Waals surface area contributed by atoms with Gasteiger partial charge in [-0.2, -0.15) is 11.8 Å². The van der Waals surface area contributed by atoms with Gasteiger partial charge in [0, 0.05) is 11.4 Å². The van der Waals surface area contributed by atoms with Crippen molar-refractivity contribution in [3.8, 4) is 0 Å². The van der Waals surface area contributed by atoms with Crippen molar-refractivity contribution in [1.82, 2.24) is 5.32 Å². The van der Waals surface area contributed by atoms with Gasteiger partial charge in [-0.25, -0.2) is 0 Å². The molecule has 1 aromatic heterocycles. The first kappa shape index (κ1) is 9.56. The van der Waals surface area contributed by atoms with Crippen LogP contribution in [0.15, 0.2) is 17.5 Å². The predicted octanol–water partition coefficient (Wildman–Crippen LogP) is 2.59. The summed E-state index contributed by atoms with van der Waals surface area (Å²) in [6.45, 7) is 2.25. The van der Waals surface area contributed by atoms with Crippen LogP contribution < -0.4 is 5.32 Å². The van der Waals surface area contributed by atoms with Crippen LogP contribution in [-0.4, -0.2) is 18.1 Å². The lowest BCUT2D eigenvalue weighted by Gasteiger charge is -2.08. The summed E-state index contributed by atoms with van der Waals surface area (Å²) >= 11 is 3.93. The Bertz CT molecular complexity index is 227. The van der Waals surface area contributed by atoms with Crippen LogP contribution >= 0.6 is 23.1 Å². The molecule has 2 heterocycles. The van der Waals surface area contributed by atoms with E-state index in [1.807, 2.05) is 11.3 Å². The molecule has 1 fully saturated rings. The van der Waals surface area contributed by atoms with Gasteiger partial charge < -0.3 is 5.32 Å². The summed E-state index contributed by atoms with van der Waals surface area (Å²) in [5, 5.41) is 5.67. The number of thiophene rings is 1. The molecule has 0 aromatic carbocycles. The Balaban J connectivity index is 1.63. The van der Waals surface area contributed by atoms with Gasteiger partial charge in [-0.15, -0.1) is 11.3 Å². The molecule has 0 radical (unpaired) electrons. The minimum Gasteiger partial charge on any atom is -0.312 e. The first-order chi connectivity index (χ1) is 6.45. The number of hydrogen-bond donors (Lipinski definition) is 1. The van der Waals surface area contributed by atoms with Crippen LogP contribution in [0.1, 0.15) is 11.3 Å². The summed E-state index contributed by atoms with van der Waals surface area (Å²) < 4.78 is 0. The van der Waals surface area contributed by atoms with Gasteiger partial charge in [-0.1, -0.05) is 6.07 Å². The van der Waals surface area contributed by atoms with Crippen LogP contribution in [0.3, 0.4) is 0 Å². The minimum atomic E-state index is 0.921. The van der Waals surface area contributed by atoms with Gasteiger partial charge in [0.15, 0.2) is 0 Å². The SMILES string of the molecule is c1csc(CNCC2CCSC2)c1. The molecule has 1 aliphatic rings. The summed E-state index contributed by atoms with van der Waals surface area (Å²) in [6, 6.07) is 4.31. The monoisotopic (exact) mass is 213 g/mol. The van der Waals surface area contributed by atoms with E-state index in [4.69, 9.17) is 0 Å². The molecule has 1 saturated heterocycles. The molecule has 2 rings (SSSR count). The minimum absolute atomic E-state index is 0.921. The maximum Gasteiger partial charge on any atom is 0.0299 e. The third-order valence-corrected chi connectivity index (χ3v) is 4.44. The summed E-state index contributed by atoms with van der Waals surface area (Å²) in [6.07, 6.45) is 1.40. The van der Waals surface area contributed by atoms with E-state index in [0.29, 0.717) is 0 Å². The van der Waals surface area contributed by atoms with Crippen molar-refractivity contribution in [2.75, 3.05) is 18.1 Å². The summed E-state index contributed by atoms with van der Waals surface area (Å²) in [5.41, 5.74) is 0. The second-order valence-corrected chi connectivity index (χ2v) is 5.62. The molecule has 0 bridgehead atoms. The summed E-state index contributed by atoms with van der Waals surface area (Å²) in [5.74, 6) is 3.65. The predicted molar refractivity (Wildman–Crippen MR) is 61.5 cm³/mol. The van der Waals surface area contributed by atoms with E-state index < -0.39 is 0 Å². The van der Waals surface area contributed by atoms with E-state index in [0.717, 1.165) is 12.5 Å². The van der Waals surface area contributed by atoms with E-state index in [1.54, 1.807) is 0 Å². The van der Waals surface area contributed by atoms with Gasteiger partial charge in [0.2, 0.25) is 0 Å². The molecule has 3 heteroatoms. The van der Waals surface area contributed by atoms with E-state index in [-0.39, 0.29) is 0 Å². The van der Waals surface area contributed by atoms with Crippen molar-refractivity contribution in [1.29, 1.82) is 0 Å². The van der Waals surface area contributed by atoms with E-state index in [1.165, 1.54) is 29.3 Å². The Hall–Kier alpha value is 0.01000. The highest BCUT2D eigenvalue weighted by molar-refractivity contribution is 7.99. The van der Waals surface area contributed by atoms with Gasteiger partial charge >= 0.3 is 0 Å². The molecule has 0 spiro atoms. The van der Waals surface area contributed by atoms with E-state index >= 15 is 0 Å². The lowest BCUT2D eigenvalue weighted by molar-refractivity contribution is 0.525. The number of rotatable bonds is 4. The smallest absolute Gasteiger partial charge is 0.0299 e. The van der Waals surface area contributed by atoms with Crippen molar-refractivity contribution < 1.29 is 0 Å². The topological polar surface area (TPSA) is 12.0 Å². The van der Waals surface area contributed by atoms with E-state index in [9.17, 15) is 0 Å². The second-order valence-electron chi connectivity index (χ2n) is 3.44. The number of nitrogens with one attached hydrogen (secondary N) is 1. The van der Waals surface area contributed by atoms with Crippen molar-refractivity contribution in [2.24, 2.45) is 5.92 Å². The Morgan fingerprint density at radius 1 is 1.54 bits per heavy atom. The van der Waals surface area contributed by atoms with Crippen molar-refractivity contribution in [2.45, 2.75) is 13.0 Å². The molecule has 72 valence electrons. The zero-order valence-corrected chi connectivity index (χ0v) is 9.29. The highest BCUT2D eigenvalue weighted by Crippen LogP contribution is 2.22. The van der Waals surface area contributed by atoms with Crippen LogP contribution in [-0.2, 0) is 6.54 Å². The molecular weight excluding hydrogens is 198 g/mol. The fourth-order valence-corrected chi connectivity index (χ4v) is 3.52. The van der Waals surface area contributed by atoms with Crippen LogP contribution in [0.4, 0.5) is 0 Å². The van der Waals surface area contributed by atoms with Gasteiger partial charge in [0.1, 0.15) is 0 Å². The Morgan fingerprint density at radius 3 is 3.23 bits per heavy atom. The largest absolute Gasteiger partial charge is 0.312 e. The van der Waals surface area contributed by atoms with Crippen molar-refractivity contribution in [3.05, 3.63) is 22.4 Å². The van der Waals surface area contributed by atoms with E-state index in [2.05, 4.69) is 34.6 Å². The van der Waals surface area contributed by atoms with Crippen LogP contribution in [0.25, 0.3) is 0 Å². The fraction of sp³-hybridized carbons (Fsp3) is 0.600. The molecular formula is C10H15NS2. The van der Waals surface area contributed by atoms with Gasteiger partial charge in [-0.3, -0.25) is 0 Å². The third-order valence-electron chi connectivity index (χ3n) is 2.34. The van der Waals surface area contributed by atoms with Crippen molar-refractivity contribution >= 4 is 23.1 Å². The molecule has 1 nitrogen and oxygen atoms in total. The summed E-state index contributed by atoms with van der Waals surface area (Å²) in [4.78, 5) is 1.45. The first-order valence-corrected chi connectivity index (χ1v) is 6.79. The Morgan fingerprint density at radius 2 is 2.54 bits per heavy atom. The normalized spacial score (nSPS) is 22.3. The standard InChI is InChI=1S/C10H15NS2/c1-2-10(13-4-1)7-11-6-9-3-5-12-8-9/h1-2,4,9,11H,3,5-8H2. The third kappa shape index (κ3) is 3.01. The van der Waals surface area contributed by atoms with Crippen LogP contribution in [0, 0.1) is 5.92 Å². The van der Waals surface area contributed by atoms with Crippen molar-refractivity contribution in [3.63, 3.8) is 0 Å².